The normalized spacial score (nSPS) is 16.1. The van der Waals surface area contributed by atoms with Crippen molar-refractivity contribution in [2.24, 2.45) is 7.05 Å². The molecular formula is C107H100Cl4N32O4. The minimum atomic E-state index is 0.0808. The fourth-order valence-corrected chi connectivity index (χ4v) is 20.2. The van der Waals surface area contributed by atoms with Crippen molar-refractivity contribution in [3.63, 3.8) is 0 Å². The number of nitriles is 1. The van der Waals surface area contributed by atoms with Gasteiger partial charge in [0.05, 0.1) is 73.7 Å². The van der Waals surface area contributed by atoms with Gasteiger partial charge >= 0.3 is 0 Å². The summed E-state index contributed by atoms with van der Waals surface area (Å²) in [6, 6.07) is 63.9. The second kappa shape index (κ2) is 40.3. The fraction of sp³-hybridized carbons (Fsp3) is 0.262. The van der Waals surface area contributed by atoms with Crippen LogP contribution in [0.2, 0.25) is 20.1 Å². The van der Waals surface area contributed by atoms with E-state index in [0.717, 1.165) is 217 Å². The summed E-state index contributed by atoms with van der Waals surface area (Å²) in [6.07, 6.45) is 9.26. The van der Waals surface area contributed by atoms with Crippen LogP contribution >= 0.6 is 46.4 Å². The SMILES string of the molecule is Cc1nc(-c2ccc3c(c2)N(c2ccc(Cl)cc2)C[C@@H](C)c2nnc(C)n2-3)no1.Cc1nnc(-c2ccc3c(c2)N(c2ccc(Cl)cc2)C[C@@H](C)c2nnc(C)n2-3)o1.Cc1nnc2n1-c1ccc(-c3cnn(C)c3)cc1N(c1ccc(C#N)cn1)C[C@H]2C.Cc1nnc2n1-c1ccc(C(=O)N3CCCC3)cc1N(c1ccc(Cl)cn1)C[C@H]2C.Cc1noc(-c2ccc3c(c2)N(c2ccc(Cl)cc2)C[C@@H](C)c2nnc(C)n2-3)n1. The number of amides is 1. The van der Waals surface area contributed by atoms with Crippen LogP contribution in [0.25, 0.3) is 73.9 Å². The zero-order chi connectivity index (χ0) is 102. The molecule has 5 atom stereocenters. The molecule has 0 aliphatic carbocycles. The van der Waals surface area contributed by atoms with Gasteiger partial charge in [-0.25, -0.2) is 9.97 Å². The number of nitrogens with zero attached hydrogens (tertiary/aromatic N) is 32. The Morgan fingerprint density at radius 2 is 0.748 bits per heavy atom. The Kier molecular flexibility index (Phi) is 26.5. The average Bonchev–Trinajstić information content (AvgIpc) is 1.62. The van der Waals surface area contributed by atoms with Gasteiger partial charge in [0.15, 0.2) is 5.82 Å². The molecule has 40 heteroatoms. The van der Waals surface area contributed by atoms with E-state index in [2.05, 4.69) is 239 Å². The summed E-state index contributed by atoms with van der Waals surface area (Å²) in [4.78, 5) is 44.1. The number of likely N-dealkylation sites (tertiary alicyclic amines) is 1. The van der Waals surface area contributed by atoms with Crippen molar-refractivity contribution in [3.8, 4) is 79.9 Å². The monoisotopic (exact) mass is 2040 g/mol. The number of carbonyl (C=O) groups excluding carboxylic acids is 1. The largest absolute Gasteiger partial charge is 0.421 e. The third-order valence-corrected chi connectivity index (χ3v) is 27.8. The molecule has 0 spiro atoms. The molecule has 6 aliphatic rings. The van der Waals surface area contributed by atoms with E-state index in [1.54, 1.807) is 37.0 Å². The fourth-order valence-electron chi connectivity index (χ4n) is 19.7. The maximum absolute atomic E-state index is 13.1. The number of aryl methyl sites for hydroxylation is 9. The highest BCUT2D eigenvalue weighted by atomic mass is 35.5. The first-order valence-electron chi connectivity index (χ1n) is 48.2. The van der Waals surface area contributed by atoms with Crippen molar-refractivity contribution in [2.75, 3.05) is 70.3 Å². The van der Waals surface area contributed by atoms with Crippen molar-refractivity contribution < 1.29 is 18.3 Å². The molecule has 17 heterocycles. The minimum absolute atomic E-state index is 0.0808. The van der Waals surface area contributed by atoms with Crippen molar-refractivity contribution in [1.29, 1.82) is 5.26 Å². The average molecular weight is 2040 g/mol. The van der Waals surface area contributed by atoms with E-state index < -0.39 is 0 Å². The molecule has 6 aliphatic heterocycles. The predicted octanol–water partition coefficient (Wildman–Crippen LogP) is 22.1. The van der Waals surface area contributed by atoms with E-state index in [9.17, 15) is 4.79 Å². The maximum Gasteiger partial charge on any atom is 0.257 e. The topological polar surface area (TPSA) is 374 Å². The van der Waals surface area contributed by atoms with E-state index >= 15 is 0 Å². The molecule has 1 fully saturated rings. The lowest BCUT2D eigenvalue weighted by Gasteiger charge is -2.27. The Morgan fingerprint density at radius 1 is 0.361 bits per heavy atom. The molecule has 0 unspecified atom stereocenters. The molecule has 19 aromatic rings. The Hall–Kier alpha value is -16.5. The summed E-state index contributed by atoms with van der Waals surface area (Å²) in [5, 5.41) is 76.1. The van der Waals surface area contributed by atoms with Crippen LogP contribution in [0.4, 0.5) is 57.1 Å². The van der Waals surface area contributed by atoms with Crippen LogP contribution < -0.4 is 24.5 Å². The van der Waals surface area contributed by atoms with Crippen LogP contribution in [0.15, 0.2) is 226 Å². The number of rotatable bonds is 10. The molecule has 740 valence electrons. The van der Waals surface area contributed by atoms with Gasteiger partial charge in [-0.1, -0.05) is 97.4 Å². The number of benzene rings is 8. The first-order chi connectivity index (χ1) is 71.1. The number of hydrogen-bond donors (Lipinski definition) is 0. The summed E-state index contributed by atoms with van der Waals surface area (Å²) in [6.45, 7) is 31.2. The molecule has 1 amide bonds. The highest BCUT2D eigenvalue weighted by Crippen LogP contribution is 2.48. The summed E-state index contributed by atoms with van der Waals surface area (Å²) in [5.41, 5.74) is 19.2. The Balaban J connectivity index is 0.000000108. The van der Waals surface area contributed by atoms with Crippen LogP contribution in [0.1, 0.15) is 169 Å². The van der Waals surface area contributed by atoms with Gasteiger partial charge < -0.3 is 42.9 Å². The van der Waals surface area contributed by atoms with E-state index in [1.807, 2.05) is 193 Å². The minimum Gasteiger partial charge on any atom is -0.421 e. The number of aromatic nitrogens is 25. The van der Waals surface area contributed by atoms with Crippen LogP contribution in [-0.2, 0) is 7.05 Å². The van der Waals surface area contributed by atoms with Gasteiger partial charge in [-0.15, -0.1) is 61.2 Å². The Labute approximate surface area is 865 Å². The summed E-state index contributed by atoms with van der Waals surface area (Å²) < 4.78 is 28.6. The van der Waals surface area contributed by atoms with Crippen LogP contribution in [-0.4, -0.2) is 181 Å². The highest BCUT2D eigenvalue weighted by molar-refractivity contribution is 6.31. The molecule has 0 bridgehead atoms. The van der Waals surface area contributed by atoms with Crippen molar-refractivity contribution in [1.82, 2.24) is 129 Å². The molecule has 8 aromatic carbocycles. The molecule has 147 heavy (non-hydrogen) atoms. The van der Waals surface area contributed by atoms with E-state index in [4.69, 9.17) is 65.1 Å². The summed E-state index contributed by atoms with van der Waals surface area (Å²) >= 11 is 24.5. The summed E-state index contributed by atoms with van der Waals surface area (Å²) in [5.74, 6) is 14.6. The standard InChI is InChI=1S/C22H23ClN6O.C22H20N8.3C21H19ClN6O/c1-14-13-28(20-8-6-17(23)12-24-20)19-11-16(22(30)27-9-3-4-10-27)5-7-18(19)29-15(2)25-26-21(14)29;1-14-12-29(21-7-4-16(9-23)10-24-21)20-8-17(18-11-25-28(3)13-18)5-6-19(20)30-15(2)26-27-22(14)30;1-12-11-27(17-7-5-16(22)6-8-17)19-10-15(20-23-14(3)29-26-20)4-9-18(19)28-13(2)24-25-21(12)28;1-12-11-27(17-7-5-16(22)6-8-17)19-10-15(21-26-24-14(3)29-21)4-9-18(19)28-13(2)23-25-20(12)28;1-12-11-27(17-7-5-16(22)6-8-17)19-10-15(21-23-13(2)26-29-21)4-9-18(19)28-14(3)24-25-20(12)28/h5-8,11-12,14H,3-4,9-10,13H2,1-2H3;4-8,10-11,13-14H,12H2,1-3H3;3*4-10,12H,11H2,1-3H3/t2*14-;3*12-/m11111/s1. The Bertz CT molecular complexity index is 7720. The zero-order valence-corrected chi connectivity index (χ0v) is 85.9. The number of pyridine rings is 2. The number of anilines is 10. The predicted molar refractivity (Wildman–Crippen MR) is 562 cm³/mol. The van der Waals surface area contributed by atoms with Gasteiger partial charge in [0.25, 0.3) is 11.8 Å². The molecular weight excluding hydrogens is 1940 g/mol. The number of halogens is 4. The third kappa shape index (κ3) is 19.0. The maximum atomic E-state index is 13.1. The van der Waals surface area contributed by atoms with Gasteiger partial charge in [0.2, 0.25) is 23.5 Å². The van der Waals surface area contributed by atoms with E-state index in [0.29, 0.717) is 79.5 Å². The van der Waals surface area contributed by atoms with Gasteiger partial charge in [0.1, 0.15) is 75.9 Å². The summed E-state index contributed by atoms with van der Waals surface area (Å²) in [7, 11) is 1.91. The van der Waals surface area contributed by atoms with Gasteiger partial charge in [-0.2, -0.15) is 20.3 Å². The van der Waals surface area contributed by atoms with Gasteiger partial charge in [0, 0.05) is 175 Å². The Morgan fingerprint density at radius 3 is 1.13 bits per heavy atom. The van der Waals surface area contributed by atoms with Gasteiger partial charge in [-0.3, -0.25) is 32.3 Å². The third-order valence-electron chi connectivity index (χ3n) is 26.8. The lowest BCUT2D eigenvalue weighted by atomic mass is 10.1. The second-order valence-electron chi connectivity index (χ2n) is 37.4. The van der Waals surface area contributed by atoms with Crippen LogP contribution in [0.5, 0.6) is 0 Å². The van der Waals surface area contributed by atoms with Gasteiger partial charge in [-0.05, 0) is 242 Å². The first-order valence-corrected chi connectivity index (χ1v) is 49.8. The first kappa shape index (κ1) is 96.6. The molecule has 0 radical (unpaired) electrons. The van der Waals surface area contributed by atoms with Crippen molar-refractivity contribution in [3.05, 3.63) is 320 Å². The van der Waals surface area contributed by atoms with E-state index in [1.165, 1.54) is 0 Å². The number of fused-ring (bicyclic) bond motifs is 15. The van der Waals surface area contributed by atoms with E-state index in [-0.39, 0.29) is 35.5 Å². The van der Waals surface area contributed by atoms with Crippen molar-refractivity contribution >= 4 is 109 Å². The van der Waals surface area contributed by atoms with Crippen LogP contribution in [0.3, 0.4) is 0 Å². The second-order valence-corrected chi connectivity index (χ2v) is 39.1. The molecule has 0 saturated carbocycles. The van der Waals surface area contributed by atoms with Crippen LogP contribution in [0, 0.1) is 66.7 Å². The highest BCUT2D eigenvalue weighted by Gasteiger charge is 2.37. The molecule has 36 nitrogen and oxygen atoms in total. The molecule has 0 N–H and O–H groups in total. The lowest BCUT2D eigenvalue weighted by Crippen LogP contribution is -2.28. The molecule has 1 saturated heterocycles. The zero-order valence-electron chi connectivity index (χ0n) is 82.9. The lowest BCUT2D eigenvalue weighted by molar-refractivity contribution is 0.0792. The quantitative estimate of drug-likeness (QED) is 0.123. The number of hydrogen-bond acceptors (Lipinski definition) is 29. The molecule has 25 rings (SSSR count). The smallest absolute Gasteiger partial charge is 0.257 e. The molecule has 11 aromatic heterocycles. The number of carbonyl (C=O) groups is 1. The van der Waals surface area contributed by atoms with Crippen molar-refractivity contribution in [2.45, 2.75) is 132 Å².